The summed E-state index contributed by atoms with van der Waals surface area (Å²) in [6.07, 6.45) is 5.79. The maximum atomic E-state index is 12.1. The molecule has 4 nitrogen and oxygen atoms in total. The fraction of sp³-hybridized carbons (Fsp3) is 0.750. The van der Waals surface area contributed by atoms with Gasteiger partial charge < -0.3 is 9.84 Å². The Morgan fingerprint density at radius 1 is 1.25 bits per heavy atom. The Labute approximate surface area is 120 Å². The SMILES string of the molecule is CCCCCCC(=O)[C@@H]1CCC2=C(CC[C@@H](O)C2=O)O1. The van der Waals surface area contributed by atoms with Crippen molar-refractivity contribution < 1.29 is 19.4 Å². The summed E-state index contributed by atoms with van der Waals surface area (Å²) in [5, 5.41) is 9.55. The number of ether oxygens (including phenoxy) is 1. The third-order valence-corrected chi connectivity index (χ3v) is 4.16. The second kappa shape index (κ2) is 7.02. The zero-order chi connectivity index (χ0) is 14.5. The summed E-state index contributed by atoms with van der Waals surface area (Å²) in [5.74, 6) is 0.602. The summed E-state index contributed by atoms with van der Waals surface area (Å²) in [7, 11) is 0. The molecule has 2 aliphatic rings. The van der Waals surface area contributed by atoms with Crippen LogP contribution in [0, 0.1) is 0 Å². The van der Waals surface area contributed by atoms with Gasteiger partial charge in [0.2, 0.25) is 0 Å². The lowest BCUT2D eigenvalue weighted by Gasteiger charge is -2.31. The van der Waals surface area contributed by atoms with Crippen molar-refractivity contribution in [1.82, 2.24) is 0 Å². The van der Waals surface area contributed by atoms with Crippen molar-refractivity contribution >= 4 is 11.6 Å². The molecule has 0 spiro atoms. The molecule has 0 saturated carbocycles. The van der Waals surface area contributed by atoms with E-state index < -0.39 is 6.10 Å². The predicted molar refractivity (Wildman–Crippen MR) is 75.1 cm³/mol. The molecule has 0 aromatic heterocycles. The molecule has 2 rings (SSSR count). The molecule has 112 valence electrons. The number of Topliss-reactive ketones (excluding diaryl/α,β-unsaturated/α-hetero) is 2. The predicted octanol–water partition coefficient (Wildman–Crippen LogP) is 2.68. The summed E-state index contributed by atoms with van der Waals surface area (Å²) in [5.41, 5.74) is 0.610. The zero-order valence-corrected chi connectivity index (χ0v) is 12.2. The van der Waals surface area contributed by atoms with E-state index in [1.165, 1.54) is 6.42 Å². The standard InChI is InChI=1S/C16H24O4/c1-2-3-4-5-6-12(17)15-9-7-11-14(20-15)10-8-13(18)16(11)19/h13,15,18H,2-10H2,1H3/t13-,15+/m1/s1. The minimum Gasteiger partial charge on any atom is -0.487 e. The average Bonchev–Trinajstić information content (AvgIpc) is 2.47. The van der Waals surface area contributed by atoms with Gasteiger partial charge in [-0.2, -0.15) is 0 Å². The highest BCUT2D eigenvalue weighted by molar-refractivity contribution is 6.00. The highest BCUT2D eigenvalue weighted by Crippen LogP contribution is 2.33. The molecule has 1 aliphatic carbocycles. The van der Waals surface area contributed by atoms with Crippen LogP contribution in [0.1, 0.15) is 64.7 Å². The van der Waals surface area contributed by atoms with Gasteiger partial charge in [-0.3, -0.25) is 9.59 Å². The van der Waals surface area contributed by atoms with Crippen molar-refractivity contribution in [3.05, 3.63) is 11.3 Å². The van der Waals surface area contributed by atoms with Gasteiger partial charge in [0, 0.05) is 18.4 Å². The number of aliphatic hydroxyl groups is 1. The molecule has 2 atom stereocenters. The van der Waals surface area contributed by atoms with E-state index >= 15 is 0 Å². The number of aliphatic hydroxyl groups excluding tert-OH is 1. The summed E-state index contributed by atoms with van der Waals surface area (Å²) < 4.78 is 5.73. The third kappa shape index (κ3) is 3.48. The van der Waals surface area contributed by atoms with Crippen molar-refractivity contribution in [3.8, 4) is 0 Å². The molecule has 0 amide bonds. The Hall–Kier alpha value is -1.16. The van der Waals surface area contributed by atoms with Crippen LogP contribution in [0.3, 0.4) is 0 Å². The van der Waals surface area contributed by atoms with E-state index in [-0.39, 0.29) is 17.7 Å². The van der Waals surface area contributed by atoms with Gasteiger partial charge in [-0.15, -0.1) is 0 Å². The van der Waals surface area contributed by atoms with E-state index in [2.05, 4.69) is 6.92 Å². The second-order valence-electron chi connectivity index (χ2n) is 5.74. The van der Waals surface area contributed by atoms with Crippen LogP contribution in [0.25, 0.3) is 0 Å². The third-order valence-electron chi connectivity index (χ3n) is 4.16. The summed E-state index contributed by atoms with van der Waals surface area (Å²) >= 11 is 0. The van der Waals surface area contributed by atoms with Crippen LogP contribution in [0.2, 0.25) is 0 Å². The van der Waals surface area contributed by atoms with E-state index in [0.717, 1.165) is 19.3 Å². The van der Waals surface area contributed by atoms with Crippen molar-refractivity contribution in [2.45, 2.75) is 76.9 Å². The molecule has 0 fully saturated rings. The number of hydrogen-bond acceptors (Lipinski definition) is 4. The summed E-state index contributed by atoms with van der Waals surface area (Å²) in [6, 6.07) is 0. The van der Waals surface area contributed by atoms with Gasteiger partial charge in [0.15, 0.2) is 17.7 Å². The minimum absolute atomic E-state index is 0.159. The second-order valence-corrected chi connectivity index (χ2v) is 5.74. The van der Waals surface area contributed by atoms with Gasteiger partial charge in [0.05, 0.1) is 0 Å². The van der Waals surface area contributed by atoms with Crippen molar-refractivity contribution in [2.24, 2.45) is 0 Å². The topological polar surface area (TPSA) is 63.6 Å². The molecule has 1 aliphatic heterocycles. The fourth-order valence-corrected chi connectivity index (χ4v) is 2.90. The van der Waals surface area contributed by atoms with Gasteiger partial charge in [-0.1, -0.05) is 26.2 Å². The van der Waals surface area contributed by atoms with Crippen LogP contribution < -0.4 is 0 Å². The molecular weight excluding hydrogens is 256 g/mol. The quantitative estimate of drug-likeness (QED) is 0.760. The van der Waals surface area contributed by atoms with Crippen LogP contribution in [0.15, 0.2) is 11.3 Å². The van der Waals surface area contributed by atoms with E-state index in [0.29, 0.717) is 43.4 Å². The number of hydrogen-bond donors (Lipinski definition) is 1. The molecule has 4 heteroatoms. The number of carbonyl (C=O) groups excluding carboxylic acids is 2. The highest BCUT2D eigenvalue weighted by Gasteiger charge is 2.35. The minimum atomic E-state index is -0.876. The van der Waals surface area contributed by atoms with Crippen molar-refractivity contribution in [2.75, 3.05) is 0 Å². The van der Waals surface area contributed by atoms with Crippen LogP contribution in [0.5, 0.6) is 0 Å². The smallest absolute Gasteiger partial charge is 0.190 e. The fourth-order valence-electron chi connectivity index (χ4n) is 2.90. The Kier molecular flexibility index (Phi) is 5.35. The summed E-state index contributed by atoms with van der Waals surface area (Å²) in [4.78, 5) is 23.9. The molecule has 0 radical (unpaired) electrons. The Bertz CT molecular complexity index is 411. The first-order chi connectivity index (χ1) is 9.63. The first-order valence-corrected chi connectivity index (χ1v) is 7.77. The van der Waals surface area contributed by atoms with Crippen LogP contribution >= 0.6 is 0 Å². The highest BCUT2D eigenvalue weighted by atomic mass is 16.5. The molecular formula is C16H24O4. The van der Waals surface area contributed by atoms with E-state index in [1.807, 2.05) is 0 Å². The molecule has 0 unspecified atom stereocenters. The molecule has 0 bridgehead atoms. The maximum Gasteiger partial charge on any atom is 0.190 e. The van der Waals surface area contributed by atoms with E-state index in [4.69, 9.17) is 4.74 Å². The van der Waals surface area contributed by atoms with Gasteiger partial charge in [-0.25, -0.2) is 0 Å². The number of allylic oxidation sites excluding steroid dienone is 1. The normalized spacial score (nSPS) is 26.2. The lowest BCUT2D eigenvalue weighted by Crippen LogP contribution is -2.35. The molecule has 0 aromatic rings. The Balaban J connectivity index is 1.87. The van der Waals surface area contributed by atoms with Crippen molar-refractivity contribution in [3.63, 3.8) is 0 Å². The molecule has 0 aromatic carbocycles. The summed E-state index contributed by atoms with van der Waals surface area (Å²) in [6.45, 7) is 2.15. The molecule has 0 saturated heterocycles. The number of rotatable bonds is 6. The van der Waals surface area contributed by atoms with Gasteiger partial charge in [0.25, 0.3) is 0 Å². The van der Waals surface area contributed by atoms with Gasteiger partial charge >= 0.3 is 0 Å². The lowest BCUT2D eigenvalue weighted by atomic mass is 9.87. The first kappa shape index (κ1) is 15.2. The van der Waals surface area contributed by atoms with Crippen LogP contribution in [0.4, 0.5) is 0 Å². The molecule has 20 heavy (non-hydrogen) atoms. The number of unbranched alkanes of at least 4 members (excludes halogenated alkanes) is 3. The van der Waals surface area contributed by atoms with Gasteiger partial charge in [0.1, 0.15) is 11.9 Å². The average molecular weight is 280 g/mol. The Morgan fingerprint density at radius 2 is 2.05 bits per heavy atom. The van der Waals surface area contributed by atoms with Crippen molar-refractivity contribution in [1.29, 1.82) is 0 Å². The first-order valence-electron chi connectivity index (χ1n) is 7.77. The Morgan fingerprint density at radius 3 is 2.80 bits per heavy atom. The molecule has 1 heterocycles. The maximum absolute atomic E-state index is 12.1. The van der Waals surface area contributed by atoms with E-state index in [1.54, 1.807) is 0 Å². The molecule has 1 N–H and O–H groups in total. The lowest BCUT2D eigenvalue weighted by molar-refractivity contribution is -0.132. The zero-order valence-electron chi connectivity index (χ0n) is 12.2. The van der Waals surface area contributed by atoms with Gasteiger partial charge in [-0.05, 0) is 25.7 Å². The number of carbonyl (C=O) groups is 2. The monoisotopic (exact) mass is 280 g/mol. The number of ketones is 2. The van der Waals surface area contributed by atoms with Crippen LogP contribution in [-0.4, -0.2) is 28.9 Å². The van der Waals surface area contributed by atoms with Crippen LogP contribution in [-0.2, 0) is 14.3 Å². The van der Waals surface area contributed by atoms with E-state index in [9.17, 15) is 14.7 Å². The largest absolute Gasteiger partial charge is 0.487 e.